The van der Waals surface area contributed by atoms with E-state index >= 15 is 0 Å². The Bertz CT molecular complexity index is 915. The van der Waals surface area contributed by atoms with Gasteiger partial charge in [-0.3, -0.25) is 0 Å². The van der Waals surface area contributed by atoms with Crippen LogP contribution in [-0.2, 0) is 10.0 Å². The second-order valence-electron chi connectivity index (χ2n) is 6.06. The number of carbonyl (C=O) groups excluding carboxylic acids is 1. The van der Waals surface area contributed by atoms with E-state index in [-0.39, 0.29) is 16.2 Å². The third kappa shape index (κ3) is 3.96. The summed E-state index contributed by atoms with van der Waals surface area (Å²) < 4.78 is 32.7. The van der Waals surface area contributed by atoms with E-state index in [9.17, 15) is 13.2 Å². The first-order valence-electron chi connectivity index (χ1n) is 8.07. The fraction of sp³-hybridized carbons (Fsp3) is 0.278. The molecule has 2 aromatic carbocycles. The summed E-state index contributed by atoms with van der Waals surface area (Å²) in [4.78, 5) is 12.5. The highest BCUT2D eigenvalue weighted by molar-refractivity contribution is 9.10. The predicted octanol–water partition coefficient (Wildman–Crippen LogP) is 4.41. The SMILES string of the molecule is Cc1cc(Br)cc(Cl)c1OC(=O)c1ccc(S(=O)(=O)N2CCCC2)cc1. The highest BCUT2D eigenvalue weighted by Gasteiger charge is 2.27. The number of hydrogen-bond donors (Lipinski definition) is 0. The van der Waals surface area contributed by atoms with Crippen molar-refractivity contribution in [3.8, 4) is 5.75 Å². The van der Waals surface area contributed by atoms with Crippen molar-refractivity contribution in [2.45, 2.75) is 24.7 Å². The van der Waals surface area contributed by atoms with Crippen molar-refractivity contribution in [1.82, 2.24) is 4.31 Å². The van der Waals surface area contributed by atoms with Gasteiger partial charge in [-0.05, 0) is 61.7 Å². The fourth-order valence-corrected chi connectivity index (χ4v) is 5.34. The first-order chi connectivity index (χ1) is 12.3. The molecular weight excluding hydrogens is 442 g/mol. The number of nitrogens with zero attached hydrogens (tertiary/aromatic N) is 1. The molecule has 0 spiro atoms. The minimum Gasteiger partial charge on any atom is -0.421 e. The first-order valence-corrected chi connectivity index (χ1v) is 10.7. The molecule has 0 saturated carbocycles. The van der Waals surface area contributed by atoms with Gasteiger partial charge in [-0.25, -0.2) is 13.2 Å². The molecule has 8 heteroatoms. The van der Waals surface area contributed by atoms with Crippen molar-refractivity contribution in [1.29, 1.82) is 0 Å². The summed E-state index contributed by atoms with van der Waals surface area (Å²) in [5, 5.41) is 0.318. The Morgan fingerprint density at radius 3 is 2.35 bits per heavy atom. The average molecular weight is 459 g/mol. The Morgan fingerprint density at radius 2 is 1.77 bits per heavy atom. The van der Waals surface area contributed by atoms with Crippen molar-refractivity contribution < 1.29 is 17.9 Å². The molecule has 0 unspecified atom stereocenters. The summed E-state index contributed by atoms with van der Waals surface area (Å²) >= 11 is 9.46. The van der Waals surface area contributed by atoms with Gasteiger partial charge in [-0.1, -0.05) is 27.5 Å². The Kier molecular flexibility index (Phi) is 5.72. The van der Waals surface area contributed by atoms with Gasteiger partial charge in [0.2, 0.25) is 10.0 Å². The smallest absolute Gasteiger partial charge is 0.343 e. The van der Waals surface area contributed by atoms with Gasteiger partial charge in [0.05, 0.1) is 15.5 Å². The molecule has 0 atom stereocenters. The van der Waals surface area contributed by atoms with E-state index in [1.165, 1.54) is 28.6 Å². The van der Waals surface area contributed by atoms with Gasteiger partial charge < -0.3 is 4.74 Å². The Balaban J connectivity index is 1.79. The van der Waals surface area contributed by atoms with Crippen LogP contribution < -0.4 is 4.74 Å². The number of esters is 1. The maximum absolute atomic E-state index is 12.5. The molecule has 0 aliphatic carbocycles. The van der Waals surface area contributed by atoms with Crippen LogP contribution in [0, 0.1) is 6.92 Å². The Hall–Kier alpha value is -1.41. The van der Waals surface area contributed by atoms with Crippen LogP contribution in [0.15, 0.2) is 45.8 Å². The van der Waals surface area contributed by atoms with Crippen LogP contribution in [0.25, 0.3) is 0 Å². The van der Waals surface area contributed by atoms with Crippen LogP contribution in [0.4, 0.5) is 0 Å². The van der Waals surface area contributed by atoms with Crippen molar-refractivity contribution >= 4 is 43.5 Å². The van der Waals surface area contributed by atoms with E-state index in [2.05, 4.69) is 15.9 Å². The molecule has 0 radical (unpaired) electrons. The molecule has 0 N–H and O–H groups in total. The molecule has 0 bridgehead atoms. The van der Waals surface area contributed by atoms with Gasteiger partial charge >= 0.3 is 5.97 Å². The molecule has 0 amide bonds. The highest BCUT2D eigenvalue weighted by atomic mass is 79.9. The third-order valence-electron chi connectivity index (χ3n) is 4.18. The summed E-state index contributed by atoms with van der Waals surface area (Å²) in [6.07, 6.45) is 1.74. The average Bonchev–Trinajstić information content (AvgIpc) is 3.13. The lowest BCUT2D eigenvalue weighted by Crippen LogP contribution is -2.27. The quantitative estimate of drug-likeness (QED) is 0.503. The number of carbonyl (C=O) groups is 1. The van der Waals surface area contributed by atoms with Crippen LogP contribution in [0.5, 0.6) is 5.75 Å². The molecule has 0 aromatic heterocycles. The largest absolute Gasteiger partial charge is 0.421 e. The lowest BCUT2D eigenvalue weighted by molar-refractivity contribution is 0.0733. The standard InChI is InChI=1S/C18H17BrClNO4S/c1-12-10-14(19)11-16(20)17(12)25-18(22)13-4-6-15(7-5-13)26(23,24)21-8-2-3-9-21/h4-7,10-11H,2-3,8-9H2,1H3. The Morgan fingerprint density at radius 1 is 1.15 bits per heavy atom. The summed E-state index contributed by atoms with van der Waals surface area (Å²) in [6.45, 7) is 2.85. The fourth-order valence-electron chi connectivity index (χ4n) is 2.81. The van der Waals surface area contributed by atoms with E-state index in [4.69, 9.17) is 16.3 Å². The monoisotopic (exact) mass is 457 g/mol. The number of sulfonamides is 1. The minimum absolute atomic E-state index is 0.175. The zero-order valence-corrected chi connectivity index (χ0v) is 17.2. The van der Waals surface area contributed by atoms with Gasteiger partial charge in [-0.2, -0.15) is 4.31 Å². The molecular formula is C18H17BrClNO4S. The molecule has 1 heterocycles. The van der Waals surface area contributed by atoms with Gasteiger partial charge in [-0.15, -0.1) is 0 Å². The van der Waals surface area contributed by atoms with Crippen molar-refractivity contribution in [3.05, 3.63) is 57.0 Å². The van der Waals surface area contributed by atoms with E-state index in [0.717, 1.165) is 17.3 Å². The number of aryl methyl sites for hydroxylation is 1. The number of ether oxygens (including phenoxy) is 1. The van der Waals surface area contributed by atoms with E-state index in [1.54, 1.807) is 19.1 Å². The lowest BCUT2D eigenvalue weighted by atomic mass is 10.2. The molecule has 1 aliphatic heterocycles. The van der Waals surface area contributed by atoms with E-state index in [1.807, 2.05) is 0 Å². The highest BCUT2D eigenvalue weighted by Crippen LogP contribution is 2.32. The minimum atomic E-state index is -3.50. The summed E-state index contributed by atoms with van der Waals surface area (Å²) in [6, 6.07) is 9.20. The van der Waals surface area contributed by atoms with Crippen LogP contribution in [0.3, 0.4) is 0 Å². The number of halogens is 2. The molecule has 2 aromatic rings. The maximum Gasteiger partial charge on any atom is 0.343 e. The van der Waals surface area contributed by atoms with Crippen LogP contribution in [0.2, 0.25) is 5.02 Å². The van der Waals surface area contributed by atoms with Gasteiger partial charge in [0.15, 0.2) is 5.75 Å². The van der Waals surface area contributed by atoms with Crippen molar-refractivity contribution in [3.63, 3.8) is 0 Å². The second-order valence-corrected chi connectivity index (χ2v) is 9.32. The zero-order chi connectivity index (χ0) is 18.9. The number of rotatable bonds is 4. The predicted molar refractivity (Wildman–Crippen MR) is 103 cm³/mol. The third-order valence-corrected chi connectivity index (χ3v) is 6.83. The van der Waals surface area contributed by atoms with Crippen LogP contribution in [-0.4, -0.2) is 31.8 Å². The van der Waals surface area contributed by atoms with Crippen LogP contribution in [0.1, 0.15) is 28.8 Å². The number of hydrogen-bond acceptors (Lipinski definition) is 4. The zero-order valence-electron chi connectivity index (χ0n) is 14.0. The lowest BCUT2D eigenvalue weighted by Gasteiger charge is -2.15. The molecule has 138 valence electrons. The van der Waals surface area contributed by atoms with Gasteiger partial charge in [0.25, 0.3) is 0 Å². The molecule has 5 nitrogen and oxygen atoms in total. The normalized spacial score (nSPS) is 15.2. The molecule has 1 aliphatic rings. The Labute approximate surface area is 166 Å². The molecule has 3 rings (SSSR count). The van der Waals surface area contributed by atoms with E-state index in [0.29, 0.717) is 23.7 Å². The van der Waals surface area contributed by atoms with Gasteiger partial charge in [0.1, 0.15) is 0 Å². The number of benzene rings is 2. The summed E-state index contributed by atoms with van der Waals surface area (Å²) in [5.74, 6) is -0.309. The second kappa shape index (κ2) is 7.68. The molecule has 1 fully saturated rings. The summed E-state index contributed by atoms with van der Waals surface area (Å²) in [5.41, 5.74) is 0.967. The molecule has 26 heavy (non-hydrogen) atoms. The van der Waals surface area contributed by atoms with E-state index < -0.39 is 16.0 Å². The summed E-state index contributed by atoms with van der Waals surface area (Å²) in [7, 11) is -3.50. The van der Waals surface area contributed by atoms with Crippen molar-refractivity contribution in [2.24, 2.45) is 0 Å². The maximum atomic E-state index is 12.5. The van der Waals surface area contributed by atoms with Gasteiger partial charge in [0, 0.05) is 17.6 Å². The van der Waals surface area contributed by atoms with Crippen LogP contribution >= 0.6 is 27.5 Å². The topological polar surface area (TPSA) is 63.7 Å². The van der Waals surface area contributed by atoms with Crippen molar-refractivity contribution in [2.75, 3.05) is 13.1 Å². The molecule has 1 saturated heterocycles. The first kappa shape index (κ1) is 19.4.